The summed E-state index contributed by atoms with van der Waals surface area (Å²) in [4.78, 5) is 29.3. The Balaban J connectivity index is 1.67. The molecule has 0 spiro atoms. The maximum absolute atomic E-state index is 14.1. The molecule has 0 aliphatic carbocycles. The van der Waals surface area contributed by atoms with Gasteiger partial charge in [-0.25, -0.2) is 18.7 Å². The second-order valence-corrected chi connectivity index (χ2v) is 10.5. The fourth-order valence-electron chi connectivity index (χ4n) is 4.67. The van der Waals surface area contributed by atoms with Crippen molar-refractivity contribution in [2.24, 2.45) is 0 Å². The second-order valence-electron chi connectivity index (χ2n) is 10.5. The maximum Gasteiger partial charge on any atom is 0.247 e. The lowest BCUT2D eigenvalue weighted by atomic mass is 9.91. The van der Waals surface area contributed by atoms with E-state index in [0.717, 1.165) is 37.3 Å². The van der Waals surface area contributed by atoms with Crippen molar-refractivity contribution in [2.45, 2.75) is 38.3 Å². The van der Waals surface area contributed by atoms with Gasteiger partial charge in [0.2, 0.25) is 17.8 Å². The minimum Gasteiger partial charge on any atom is -0.494 e. The summed E-state index contributed by atoms with van der Waals surface area (Å²) in [6, 6.07) is 5.73. The molecule has 2 aromatic carbocycles. The van der Waals surface area contributed by atoms with Gasteiger partial charge in [-0.1, -0.05) is 13.5 Å². The average Bonchev–Trinajstić information content (AvgIpc) is 2.94. The highest BCUT2D eigenvalue weighted by molar-refractivity contribution is 6.02. The molecule has 224 valence electrons. The Morgan fingerprint density at radius 2 is 1.83 bits per heavy atom. The first kappa shape index (κ1) is 30.6. The number of hydrogen-bond donors (Lipinski definition) is 4. The molecule has 1 aromatic heterocycles. The molecule has 0 radical (unpaired) electrons. The predicted octanol–water partition coefficient (Wildman–Crippen LogP) is 4.53. The monoisotopic (exact) mass is 582 g/mol. The van der Waals surface area contributed by atoms with Crippen LogP contribution in [0.3, 0.4) is 0 Å². The van der Waals surface area contributed by atoms with Crippen molar-refractivity contribution in [1.82, 2.24) is 19.9 Å². The second kappa shape index (κ2) is 12.7. The van der Waals surface area contributed by atoms with Gasteiger partial charge in [0.25, 0.3) is 0 Å². The van der Waals surface area contributed by atoms with Gasteiger partial charge in [-0.2, -0.15) is 4.98 Å². The lowest BCUT2D eigenvalue weighted by Gasteiger charge is -2.45. The SMILES string of the molecule is C=CC(=O)Nc1cc(Nc2ncnc(Nc3cc(F)c(F)cc3C(C)(O)CC)n2)c(OC)cc1N1CC[C@@H]1CN(C)C. The molecule has 1 aliphatic heterocycles. The van der Waals surface area contributed by atoms with Crippen LogP contribution in [0.25, 0.3) is 0 Å². The Bertz CT molecular complexity index is 1470. The fourth-order valence-corrected chi connectivity index (χ4v) is 4.67. The molecule has 2 atom stereocenters. The van der Waals surface area contributed by atoms with Crippen LogP contribution < -0.4 is 25.6 Å². The van der Waals surface area contributed by atoms with Crippen LogP contribution in [0.5, 0.6) is 5.75 Å². The van der Waals surface area contributed by atoms with E-state index in [4.69, 9.17) is 4.74 Å². The topological polar surface area (TPSA) is 128 Å². The molecule has 4 N–H and O–H groups in total. The van der Waals surface area contributed by atoms with Crippen LogP contribution in [-0.4, -0.2) is 71.2 Å². The Hall–Kier alpha value is -4.36. The zero-order valence-electron chi connectivity index (χ0n) is 24.3. The molecule has 11 nitrogen and oxygen atoms in total. The number of hydrogen-bond acceptors (Lipinski definition) is 10. The molecule has 1 fully saturated rings. The van der Waals surface area contributed by atoms with Gasteiger partial charge in [0.05, 0.1) is 35.5 Å². The first-order chi connectivity index (χ1) is 19.9. The number of nitrogens with one attached hydrogen (secondary N) is 3. The Morgan fingerprint density at radius 3 is 2.40 bits per heavy atom. The van der Waals surface area contributed by atoms with Crippen LogP contribution in [0.2, 0.25) is 0 Å². The zero-order valence-corrected chi connectivity index (χ0v) is 24.3. The maximum atomic E-state index is 14.1. The highest BCUT2D eigenvalue weighted by Gasteiger charge is 2.31. The third-order valence-electron chi connectivity index (χ3n) is 7.18. The van der Waals surface area contributed by atoms with Crippen LogP contribution in [0.1, 0.15) is 32.3 Å². The van der Waals surface area contributed by atoms with Gasteiger partial charge in [0.15, 0.2) is 11.6 Å². The van der Waals surface area contributed by atoms with Gasteiger partial charge in [-0.15, -0.1) is 0 Å². The third kappa shape index (κ3) is 6.74. The summed E-state index contributed by atoms with van der Waals surface area (Å²) in [5.74, 6) is -1.92. The highest BCUT2D eigenvalue weighted by atomic mass is 19.2. The van der Waals surface area contributed by atoms with E-state index in [-0.39, 0.29) is 41.5 Å². The number of aliphatic hydroxyl groups is 1. The molecule has 3 aromatic rings. The molecule has 42 heavy (non-hydrogen) atoms. The molecule has 13 heteroatoms. The van der Waals surface area contributed by atoms with Crippen molar-refractivity contribution in [1.29, 1.82) is 0 Å². The minimum atomic E-state index is -1.44. The van der Waals surface area contributed by atoms with Crippen molar-refractivity contribution >= 4 is 40.6 Å². The Labute approximate surface area is 243 Å². The normalized spacial score (nSPS) is 15.9. The van der Waals surface area contributed by atoms with E-state index >= 15 is 0 Å². The third-order valence-corrected chi connectivity index (χ3v) is 7.18. The van der Waals surface area contributed by atoms with Gasteiger partial charge < -0.3 is 35.6 Å². The molecule has 2 heterocycles. The smallest absolute Gasteiger partial charge is 0.247 e. The van der Waals surface area contributed by atoms with Crippen LogP contribution in [0.4, 0.5) is 43.4 Å². The summed E-state index contributed by atoms with van der Waals surface area (Å²) in [7, 11) is 5.56. The number of anilines is 6. The van der Waals surface area contributed by atoms with Crippen molar-refractivity contribution < 1.29 is 23.4 Å². The largest absolute Gasteiger partial charge is 0.494 e. The number of carbonyl (C=O) groups is 1. The summed E-state index contributed by atoms with van der Waals surface area (Å²) in [6.07, 6.45) is 3.71. The van der Waals surface area contributed by atoms with Gasteiger partial charge in [-0.05, 0) is 52.1 Å². The molecule has 0 saturated carbocycles. The van der Waals surface area contributed by atoms with Gasteiger partial charge in [0.1, 0.15) is 12.1 Å². The number of carbonyl (C=O) groups excluding carboxylic acids is 1. The summed E-state index contributed by atoms with van der Waals surface area (Å²) < 4.78 is 33.9. The van der Waals surface area contributed by atoms with E-state index in [2.05, 4.69) is 47.3 Å². The lowest BCUT2D eigenvalue weighted by Crippen LogP contribution is -2.53. The van der Waals surface area contributed by atoms with E-state index in [1.807, 2.05) is 20.2 Å². The molecule has 1 unspecified atom stereocenters. The zero-order chi connectivity index (χ0) is 30.6. The Kier molecular flexibility index (Phi) is 9.22. The number of ether oxygens (including phenoxy) is 1. The minimum absolute atomic E-state index is 0.0227. The number of methoxy groups -OCH3 is 1. The number of rotatable bonds is 12. The molecular formula is C29H36F2N8O3. The number of halogens is 2. The fraction of sp³-hybridized carbons (Fsp3) is 0.379. The average molecular weight is 583 g/mol. The molecule has 1 saturated heterocycles. The van der Waals surface area contributed by atoms with E-state index in [9.17, 15) is 18.7 Å². The van der Waals surface area contributed by atoms with Crippen molar-refractivity contribution in [3.63, 3.8) is 0 Å². The van der Waals surface area contributed by atoms with Crippen LogP contribution in [0, 0.1) is 11.6 Å². The first-order valence-corrected chi connectivity index (χ1v) is 13.5. The van der Waals surface area contributed by atoms with Gasteiger partial charge in [0, 0.05) is 36.8 Å². The Morgan fingerprint density at radius 1 is 1.17 bits per heavy atom. The first-order valence-electron chi connectivity index (χ1n) is 13.5. The van der Waals surface area contributed by atoms with E-state index in [1.54, 1.807) is 13.0 Å². The quantitative estimate of drug-likeness (QED) is 0.226. The van der Waals surface area contributed by atoms with Gasteiger partial charge >= 0.3 is 0 Å². The van der Waals surface area contributed by atoms with Crippen molar-refractivity contribution in [3.05, 3.63) is 60.4 Å². The van der Waals surface area contributed by atoms with Crippen LogP contribution >= 0.6 is 0 Å². The van der Waals surface area contributed by atoms with Crippen LogP contribution in [-0.2, 0) is 10.4 Å². The van der Waals surface area contributed by atoms with Crippen molar-refractivity contribution in [2.75, 3.05) is 55.1 Å². The van der Waals surface area contributed by atoms with Crippen molar-refractivity contribution in [3.8, 4) is 5.75 Å². The summed E-state index contributed by atoms with van der Waals surface area (Å²) in [6.45, 7) is 8.47. The number of benzene rings is 2. The standard InChI is InChI=1S/C29H36F2N8O3/c1-7-26(40)34-22-13-23(25(42-6)14-24(22)39-10-9-17(39)15-38(4)5)36-28-33-16-32-27(37-28)35-21-12-20(31)19(30)11-18(21)29(3,41)8-2/h7,11-14,16-17,41H,1,8-10,15H2,2-6H3,(H,34,40)(H2,32,33,35,36,37)/t17-,29?/m1/s1. The lowest BCUT2D eigenvalue weighted by molar-refractivity contribution is -0.111. The number of nitrogens with zero attached hydrogens (tertiary/aromatic N) is 5. The predicted molar refractivity (Wildman–Crippen MR) is 159 cm³/mol. The summed E-state index contributed by atoms with van der Waals surface area (Å²) in [5.41, 5.74) is 0.636. The van der Waals surface area contributed by atoms with E-state index in [1.165, 1.54) is 26.4 Å². The summed E-state index contributed by atoms with van der Waals surface area (Å²) in [5, 5.41) is 19.6. The van der Waals surface area contributed by atoms with Gasteiger partial charge in [-0.3, -0.25) is 4.79 Å². The number of likely N-dealkylation sites (N-methyl/N-ethyl adjacent to an activating group) is 1. The molecular weight excluding hydrogens is 546 g/mol. The molecule has 1 aliphatic rings. The van der Waals surface area contributed by atoms with E-state index in [0.29, 0.717) is 17.1 Å². The molecule has 0 bridgehead atoms. The summed E-state index contributed by atoms with van der Waals surface area (Å²) >= 11 is 0. The molecule has 4 rings (SSSR count). The number of aromatic nitrogens is 3. The van der Waals surface area contributed by atoms with Crippen LogP contribution in [0.15, 0.2) is 43.2 Å². The molecule has 1 amide bonds. The highest BCUT2D eigenvalue weighted by Crippen LogP contribution is 2.41. The van der Waals surface area contributed by atoms with E-state index < -0.39 is 17.2 Å². The number of amides is 1.